The van der Waals surface area contributed by atoms with E-state index in [4.69, 9.17) is 12.2 Å². The largest absolute Gasteiger partial charge is 0.362 e. The number of thiocarbonyl (C=S) groups is 1. The molecule has 128 valence electrons. The summed E-state index contributed by atoms with van der Waals surface area (Å²) >= 11 is 7.55. The molecule has 0 spiro atoms. The number of fused-ring (bicyclic) bond motifs is 1. The van der Waals surface area contributed by atoms with Crippen LogP contribution in [0.3, 0.4) is 0 Å². The average Bonchev–Trinajstić information content (AvgIpc) is 3.33. The number of thiophene rings is 1. The molecule has 4 rings (SSSR count). The Morgan fingerprint density at radius 2 is 1.96 bits per heavy atom. The van der Waals surface area contributed by atoms with Gasteiger partial charge in [-0.15, -0.1) is 11.3 Å². The van der Waals surface area contributed by atoms with Crippen LogP contribution in [0.15, 0.2) is 66.2 Å². The lowest BCUT2D eigenvalue weighted by molar-refractivity contribution is 0.289. The van der Waals surface area contributed by atoms with E-state index in [0.717, 1.165) is 31.2 Å². The van der Waals surface area contributed by atoms with Crippen LogP contribution in [0.2, 0.25) is 0 Å². The minimum absolute atomic E-state index is 0.209. The highest BCUT2D eigenvalue weighted by atomic mass is 32.1. The highest BCUT2D eigenvalue weighted by Crippen LogP contribution is 2.34. The zero-order valence-electron chi connectivity index (χ0n) is 14.0. The molecular weight excluding hydrogens is 346 g/mol. The van der Waals surface area contributed by atoms with E-state index in [0.29, 0.717) is 0 Å². The normalized spacial score (nSPS) is 16.5. The van der Waals surface area contributed by atoms with Crippen molar-refractivity contribution >= 4 is 28.7 Å². The van der Waals surface area contributed by atoms with Gasteiger partial charge in [-0.05, 0) is 47.8 Å². The summed E-state index contributed by atoms with van der Waals surface area (Å²) in [4.78, 5) is 3.67. The predicted molar refractivity (Wildman–Crippen MR) is 108 cm³/mol. The fraction of sp³-hybridized carbons (Fsp3) is 0.250. The Bertz CT molecular complexity index is 824. The van der Waals surface area contributed by atoms with Crippen molar-refractivity contribution in [3.63, 3.8) is 0 Å². The molecule has 0 aliphatic carbocycles. The highest BCUT2D eigenvalue weighted by Gasteiger charge is 2.30. The quantitative estimate of drug-likeness (QED) is 0.702. The lowest BCUT2D eigenvalue weighted by atomic mass is 10.1. The van der Waals surface area contributed by atoms with Gasteiger partial charge in [0, 0.05) is 36.4 Å². The van der Waals surface area contributed by atoms with E-state index < -0.39 is 0 Å². The van der Waals surface area contributed by atoms with E-state index in [1.165, 1.54) is 16.1 Å². The summed E-state index contributed by atoms with van der Waals surface area (Å²) < 4.78 is 2.34. The Balaban J connectivity index is 1.47. The SMILES string of the molecule is S=C(NCCc1ccccc1)N1CCn2cccc2[C@@H]1c1cccs1. The van der Waals surface area contributed by atoms with Crippen LogP contribution in [0.1, 0.15) is 22.2 Å². The number of hydrogen-bond donors (Lipinski definition) is 1. The molecular formula is C20H21N3S2. The molecule has 1 aromatic carbocycles. The van der Waals surface area contributed by atoms with Crippen molar-refractivity contribution in [3.8, 4) is 0 Å². The van der Waals surface area contributed by atoms with Crippen LogP contribution in [0.5, 0.6) is 0 Å². The topological polar surface area (TPSA) is 20.2 Å². The molecule has 1 aliphatic rings. The van der Waals surface area contributed by atoms with Gasteiger partial charge >= 0.3 is 0 Å². The number of benzene rings is 1. The fourth-order valence-electron chi connectivity index (χ4n) is 3.41. The van der Waals surface area contributed by atoms with Crippen LogP contribution in [-0.2, 0) is 13.0 Å². The van der Waals surface area contributed by atoms with Gasteiger partial charge in [0.2, 0.25) is 0 Å². The molecule has 0 radical (unpaired) electrons. The third-order valence-corrected chi connectivity index (χ3v) is 5.95. The Morgan fingerprint density at radius 3 is 2.76 bits per heavy atom. The van der Waals surface area contributed by atoms with Crippen molar-refractivity contribution in [3.05, 3.63) is 82.3 Å². The first-order chi connectivity index (χ1) is 12.3. The van der Waals surface area contributed by atoms with Crippen molar-refractivity contribution in [1.29, 1.82) is 0 Å². The van der Waals surface area contributed by atoms with Gasteiger partial charge in [0.25, 0.3) is 0 Å². The molecule has 3 nitrogen and oxygen atoms in total. The molecule has 3 heterocycles. The van der Waals surface area contributed by atoms with Crippen LogP contribution in [0.4, 0.5) is 0 Å². The molecule has 5 heteroatoms. The number of nitrogens with zero attached hydrogens (tertiary/aromatic N) is 2. The summed E-state index contributed by atoms with van der Waals surface area (Å²) in [6, 6.07) is 19.4. The first kappa shape index (κ1) is 16.4. The average molecular weight is 368 g/mol. The summed E-state index contributed by atoms with van der Waals surface area (Å²) in [7, 11) is 0. The second kappa shape index (κ2) is 7.42. The minimum atomic E-state index is 0.209. The van der Waals surface area contributed by atoms with E-state index in [1.54, 1.807) is 11.3 Å². The summed E-state index contributed by atoms with van der Waals surface area (Å²) in [5, 5.41) is 6.46. The molecule has 0 bridgehead atoms. The maximum absolute atomic E-state index is 5.75. The van der Waals surface area contributed by atoms with E-state index in [9.17, 15) is 0 Å². The van der Waals surface area contributed by atoms with E-state index in [1.807, 2.05) is 0 Å². The Kier molecular flexibility index (Phi) is 4.85. The van der Waals surface area contributed by atoms with E-state index in [2.05, 4.69) is 81.0 Å². The maximum Gasteiger partial charge on any atom is 0.169 e. The van der Waals surface area contributed by atoms with Gasteiger partial charge in [-0.2, -0.15) is 0 Å². The van der Waals surface area contributed by atoms with Gasteiger partial charge < -0.3 is 14.8 Å². The van der Waals surface area contributed by atoms with Gasteiger partial charge in [-0.3, -0.25) is 0 Å². The van der Waals surface area contributed by atoms with Gasteiger partial charge in [-0.1, -0.05) is 36.4 Å². The summed E-state index contributed by atoms with van der Waals surface area (Å²) in [5.41, 5.74) is 2.65. The number of nitrogens with one attached hydrogen (secondary N) is 1. The molecule has 0 saturated heterocycles. The van der Waals surface area contributed by atoms with Crippen molar-refractivity contribution in [1.82, 2.24) is 14.8 Å². The molecule has 1 N–H and O–H groups in total. The third kappa shape index (κ3) is 3.48. The zero-order chi connectivity index (χ0) is 17.1. The molecule has 0 amide bonds. The molecule has 2 aromatic heterocycles. The minimum Gasteiger partial charge on any atom is -0.362 e. The number of aromatic nitrogens is 1. The van der Waals surface area contributed by atoms with Crippen molar-refractivity contribution in [2.45, 2.75) is 19.0 Å². The predicted octanol–water partition coefficient (Wildman–Crippen LogP) is 4.07. The Morgan fingerprint density at radius 1 is 1.08 bits per heavy atom. The second-order valence-electron chi connectivity index (χ2n) is 6.21. The lowest BCUT2D eigenvalue weighted by Crippen LogP contribution is -2.47. The van der Waals surface area contributed by atoms with Crippen LogP contribution in [0, 0.1) is 0 Å². The van der Waals surface area contributed by atoms with Gasteiger partial charge in [-0.25, -0.2) is 0 Å². The van der Waals surface area contributed by atoms with Gasteiger partial charge in [0.05, 0.1) is 0 Å². The molecule has 0 fully saturated rings. The maximum atomic E-state index is 5.75. The second-order valence-corrected chi connectivity index (χ2v) is 7.57. The van der Waals surface area contributed by atoms with Crippen LogP contribution in [-0.4, -0.2) is 27.7 Å². The first-order valence-corrected chi connectivity index (χ1v) is 9.88. The summed E-state index contributed by atoms with van der Waals surface area (Å²) in [5.74, 6) is 0. The summed E-state index contributed by atoms with van der Waals surface area (Å²) in [6.45, 7) is 2.77. The molecule has 0 unspecified atom stereocenters. The van der Waals surface area contributed by atoms with Crippen LogP contribution in [0.25, 0.3) is 0 Å². The lowest BCUT2D eigenvalue weighted by Gasteiger charge is -2.38. The Hall–Kier alpha value is -2.11. The molecule has 25 heavy (non-hydrogen) atoms. The van der Waals surface area contributed by atoms with Crippen molar-refractivity contribution < 1.29 is 0 Å². The zero-order valence-corrected chi connectivity index (χ0v) is 15.6. The van der Waals surface area contributed by atoms with Crippen LogP contribution < -0.4 is 5.32 Å². The standard InChI is InChI=1S/C20H21N3S2/c24-20(21-11-10-16-6-2-1-3-7-16)23-14-13-22-12-4-8-17(22)19(23)18-9-5-15-25-18/h1-9,12,15,19H,10-11,13-14H2,(H,21,24)/t19-/m1/s1. The monoisotopic (exact) mass is 367 g/mol. The third-order valence-electron chi connectivity index (χ3n) is 4.64. The van der Waals surface area contributed by atoms with Crippen LogP contribution >= 0.6 is 23.6 Å². The molecule has 1 aliphatic heterocycles. The van der Waals surface area contributed by atoms with Gasteiger partial charge in [0.1, 0.15) is 6.04 Å². The Labute approximate surface area is 157 Å². The number of hydrogen-bond acceptors (Lipinski definition) is 2. The fourth-order valence-corrected chi connectivity index (χ4v) is 4.56. The highest BCUT2D eigenvalue weighted by molar-refractivity contribution is 7.80. The molecule has 3 aromatic rings. The van der Waals surface area contributed by atoms with Gasteiger partial charge in [0.15, 0.2) is 5.11 Å². The van der Waals surface area contributed by atoms with E-state index in [-0.39, 0.29) is 6.04 Å². The smallest absolute Gasteiger partial charge is 0.169 e. The molecule has 1 atom stereocenters. The van der Waals surface area contributed by atoms with E-state index >= 15 is 0 Å². The number of rotatable bonds is 4. The molecule has 0 saturated carbocycles. The summed E-state index contributed by atoms with van der Waals surface area (Å²) in [6.07, 6.45) is 3.15. The first-order valence-electron chi connectivity index (χ1n) is 8.60. The van der Waals surface area contributed by atoms with Crippen molar-refractivity contribution in [2.24, 2.45) is 0 Å². The van der Waals surface area contributed by atoms with Crippen molar-refractivity contribution in [2.75, 3.05) is 13.1 Å².